The maximum Gasteiger partial charge on any atom is 0.165 e. The minimum Gasteiger partial charge on any atom is -0.294 e. The van der Waals surface area contributed by atoms with Gasteiger partial charge in [-0.2, -0.15) is 0 Å². The Balaban J connectivity index is 1.77. The van der Waals surface area contributed by atoms with Crippen LogP contribution in [0.3, 0.4) is 0 Å². The number of Topliss-reactive ketones (excluding diaryl/α,β-unsaturated/α-hetero) is 1. The highest BCUT2D eigenvalue weighted by Gasteiger charge is 2.27. The van der Waals surface area contributed by atoms with E-state index in [1.54, 1.807) is 0 Å². The molecule has 0 saturated heterocycles. The lowest BCUT2D eigenvalue weighted by atomic mass is 9.79. The van der Waals surface area contributed by atoms with Gasteiger partial charge in [0.25, 0.3) is 0 Å². The molecular weight excluding hydrogens is 232 g/mol. The van der Waals surface area contributed by atoms with Crippen LogP contribution in [0.4, 0.5) is 0 Å². The van der Waals surface area contributed by atoms with Gasteiger partial charge in [-0.15, -0.1) is 0 Å². The molecule has 0 aliphatic heterocycles. The van der Waals surface area contributed by atoms with E-state index in [0.29, 0.717) is 5.78 Å². The van der Waals surface area contributed by atoms with Crippen LogP contribution in [0.25, 0.3) is 11.1 Å². The number of carbonyl (C=O) groups is 1. The van der Waals surface area contributed by atoms with Crippen LogP contribution < -0.4 is 0 Å². The summed E-state index contributed by atoms with van der Waals surface area (Å²) in [4.78, 5) is 12.3. The Kier molecular flexibility index (Phi) is 2.34. The summed E-state index contributed by atoms with van der Waals surface area (Å²) in [6.07, 6.45) is 4.37. The molecule has 2 aliphatic rings. The van der Waals surface area contributed by atoms with Crippen molar-refractivity contribution in [1.82, 2.24) is 0 Å². The monoisotopic (exact) mass is 248 g/mol. The Morgan fingerprint density at radius 3 is 2.53 bits per heavy atom. The normalized spacial score (nSPS) is 16.6. The molecule has 0 amide bonds. The second-order valence-corrected chi connectivity index (χ2v) is 5.70. The highest BCUT2D eigenvalue weighted by Crippen LogP contribution is 2.38. The van der Waals surface area contributed by atoms with Gasteiger partial charge in [0.15, 0.2) is 5.78 Å². The van der Waals surface area contributed by atoms with Crippen LogP contribution in [0.2, 0.25) is 0 Å². The van der Waals surface area contributed by atoms with Crippen molar-refractivity contribution in [3.63, 3.8) is 0 Å². The number of hydrogen-bond donors (Lipinski definition) is 0. The minimum atomic E-state index is 0.287. The van der Waals surface area contributed by atoms with Crippen LogP contribution in [-0.4, -0.2) is 5.78 Å². The third kappa shape index (κ3) is 1.65. The van der Waals surface area contributed by atoms with Gasteiger partial charge in [0.1, 0.15) is 0 Å². The van der Waals surface area contributed by atoms with Crippen molar-refractivity contribution < 1.29 is 4.79 Å². The molecule has 2 aromatic rings. The third-order valence-corrected chi connectivity index (χ3v) is 4.56. The van der Waals surface area contributed by atoms with Crippen LogP contribution in [0.15, 0.2) is 42.5 Å². The van der Waals surface area contributed by atoms with Gasteiger partial charge in [-0.25, -0.2) is 0 Å². The molecule has 1 nitrogen and oxygen atoms in total. The van der Waals surface area contributed by atoms with Crippen molar-refractivity contribution in [3.8, 4) is 11.1 Å². The zero-order chi connectivity index (χ0) is 12.8. The maximum absolute atomic E-state index is 12.3. The summed E-state index contributed by atoms with van der Waals surface area (Å²) >= 11 is 0. The van der Waals surface area contributed by atoms with Gasteiger partial charge in [0.2, 0.25) is 0 Å². The fourth-order valence-corrected chi connectivity index (χ4v) is 3.18. The van der Waals surface area contributed by atoms with E-state index in [0.717, 1.165) is 24.8 Å². The minimum absolute atomic E-state index is 0.287. The van der Waals surface area contributed by atoms with Gasteiger partial charge in [-0.3, -0.25) is 4.79 Å². The molecule has 94 valence electrons. The van der Waals surface area contributed by atoms with Gasteiger partial charge in [0.05, 0.1) is 0 Å². The van der Waals surface area contributed by atoms with Crippen LogP contribution in [0, 0.1) is 5.92 Å². The number of fused-ring (bicyclic) bond motifs is 3. The average Bonchev–Trinajstić information content (AvgIpc) is 2.74. The summed E-state index contributed by atoms with van der Waals surface area (Å²) in [6.45, 7) is 0. The molecular formula is C18H16O. The molecule has 1 fully saturated rings. The Morgan fingerprint density at radius 2 is 1.74 bits per heavy atom. The van der Waals surface area contributed by atoms with E-state index in [-0.39, 0.29) is 5.92 Å². The van der Waals surface area contributed by atoms with Crippen LogP contribution >= 0.6 is 0 Å². The molecule has 0 atom stereocenters. The van der Waals surface area contributed by atoms with Crippen LogP contribution in [0.5, 0.6) is 0 Å². The first kappa shape index (κ1) is 11.0. The highest BCUT2D eigenvalue weighted by atomic mass is 16.1. The van der Waals surface area contributed by atoms with Gasteiger partial charge >= 0.3 is 0 Å². The number of carbonyl (C=O) groups excluding carboxylic acids is 1. The molecule has 0 N–H and O–H groups in total. The van der Waals surface area contributed by atoms with Crippen molar-refractivity contribution in [3.05, 3.63) is 59.2 Å². The number of benzene rings is 2. The molecule has 0 bridgehead atoms. The number of rotatable bonds is 2. The largest absolute Gasteiger partial charge is 0.294 e. The van der Waals surface area contributed by atoms with Crippen LogP contribution in [-0.2, 0) is 6.42 Å². The fraction of sp³-hybridized carbons (Fsp3) is 0.278. The first-order chi connectivity index (χ1) is 9.33. The van der Waals surface area contributed by atoms with E-state index < -0.39 is 0 Å². The van der Waals surface area contributed by atoms with Crippen molar-refractivity contribution >= 4 is 5.78 Å². The molecule has 0 spiro atoms. The first-order valence-electron chi connectivity index (χ1n) is 7.08. The van der Waals surface area contributed by atoms with E-state index in [4.69, 9.17) is 0 Å². The van der Waals surface area contributed by atoms with Crippen molar-refractivity contribution in [2.45, 2.75) is 25.7 Å². The summed E-state index contributed by atoms with van der Waals surface area (Å²) in [6, 6.07) is 14.8. The van der Waals surface area contributed by atoms with Crippen LogP contribution in [0.1, 0.15) is 40.7 Å². The summed E-state index contributed by atoms with van der Waals surface area (Å²) in [5, 5.41) is 0. The Morgan fingerprint density at radius 1 is 0.947 bits per heavy atom. The molecule has 19 heavy (non-hydrogen) atoms. The van der Waals surface area contributed by atoms with Gasteiger partial charge < -0.3 is 0 Å². The molecule has 0 heterocycles. The molecule has 0 aromatic heterocycles. The Labute approximate surface area is 113 Å². The van der Waals surface area contributed by atoms with Crippen molar-refractivity contribution in [1.29, 1.82) is 0 Å². The summed E-state index contributed by atoms with van der Waals surface area (Å²) in [7, 11) is 0. The highest BCUT2D eigenvalue weighted by molar-refractivity contribution is 6.00. The van der Waals surface area contributed by atoms with Gasteiger partial charge in [-0.1, -0.05) is 42.8 Å². The molecule has 4 rings (SSSR count). The standard InChI is InChI=1S/C18H16O/c19-18(12-5-3-6-12)15-9-8-14-10-13-4-1-2-7-16(13)17(14)11-15/h1-2,4,7-9,11-12H,3,5-6,10H2. The smallest absolute Gasteiger partial charge is 0.165 e. The Hall–Kier alpha value is -1.89. The van der Waals surface area contributed by atoms with E-state index >= 15 is 0 Å². The lowest BCUT2D eigenvalue weighted by molar-refractivity contribution is 0.0855. The molecule has 1 heteroatoms. The Bertz CT molecular complexity index is 665. The summed E-state index contributed by atoms with van der Waals surface area (Å²) < 4.78 is 0. The molecule has 0 unspecified atom stereocenters. The zero-order valence-corrected chi connectivity index (χ0v) is 10.9. The molecule has 0 radical (unpaired) electrons. The van der Waals surface area contributed by atoms with Crippen molar-refractivity contribution in [2.75, 3.05) is 0 Å². The fourth-order valence-electron chi connectivity index (χ4n) is 3.18. The molecule has 2 aliphatic carbocycles. The molecule has 1 saturated carbocycles. The number of ketones is 1. The SMILES string of the molecule is O=C(c1ccc2c(c1)-c1ccccc1C2)C1CCC1. The average molecular weight is 248 g/mol. The van der Waals surface area contributed by atoms with E-state index in [1.165, 1.54) is 28.7 Å². The quantitative estimate of drug-likeness (QED) is 0.620. The van der Waals surface area contributed by atoms with E-state index in [2.05, 4.69) is 36.4 Å². The predicted molar refractivity (Wildman–Crippen MR) is 76.4 cm³/mol. The predicted octanol–water partition coefficient (Wildman–Crippen LogP) is 4.24. The topological polar surface area (TPSA) is 17.1 Å². The lowest BCUT2D eigenvalue weighted by Crippen LogP contribution is -2.21. The third-order valence-electron chi connectivity index (χ3n) is 4.56. The van der Waals surface area contributed by atoms with Crippen molar-refractivity contribution in [2.24, 2.45) is 5.92 Å². The zero-order valence-electron chi connectivity index (χ0n) is 10.9. The maximum atomic E-state index is 12.3. The van der Waals surface area contributed by atoms with E-state index in [9.17, 15) is 4.79 Å². The lowest BCUT2D eigenvalue weighted by Gasteiger charge is -2.24. The van der Waals surface area contributed by atoms with Gasteiger partial charge in [-0.05, 0) is 47.6 Å². The first-order valence-corrected chi connectivity index (χ1v) is 7.08. The second-order valence-electron chi connectivity index (χ2n) is 5.70. The second kappa shape index (κ2) is 4.06. The summed E-state index contributed by atoms with van der Waals surface area (Å²) in [5.41, 5.74) is 6.21. The van der Waals surface area contributed by atoms with E-state index in [1.807, 2.05) is 6.07 Å². The van der Waals surface area contributed by atoms with Gasteiger partial charge in [0, 0.05) is 11.5 Å². The summed E-state index contributed by atoms with van der Waals surface area (Å²) in [5.74, 6) is 0.633. The number of hydrogen-bond acceptors (Lipinski definition) is 1. The molecule has 2 aromatic carbocycles.